The van der Waals surface area contributed by atoms with E-state index < -0.39 is 17.1 Å². The van der Waals surface area contributed by atoms with Crippen molar-refractivity contribution in [3.8, 4) is 0 Å². The highest BCUT2D eigenvalue weighted by molar-refractivity contribution is 8.00. The SMILES string of the molecule is O=C1N[C@H]2[C@H](CS[C@H]2CCCCNC(=O)[C@@H]2C[C@H](S)CN2C(=O)OCc2ccc([N+](=O)[O-])cc2)N1. The summed E-state index contributed by atoms with van der Waals surface area (Å²) in [6.45, 7) is 0.770. The number of unbranched alkanes of at least 4 members (excludes halogenated alkanes) is 1. The summed E-state index contributed by atoms with van der Waals surface area (Å²) in [6, 6.07) is 5.41. The molecular weight excluding hydrogens is 494 g/mol. The molecule has 190 valence electrons. The van der Waals surface area contributed by atoms with Gasteiger partial charge in [0.25, 0.3) is 5.69 Å². The second-order valence-electron chi connectivity index (χ2n) is 8.94. The number of non-ortho nitro benzene ring substituents is 1. The summed E-state index contributed by atoms with van der Waals surface area (Å²) in [4.78, 5) is 48.5. The maximum Gasteiger partial charge on any atom is 0.410 e. The van der Waals surface area contributed by atoms with Gasteiger partial charge in [-0.1, -0.05) is 6.42 Å². The molecule has 0 spiro atoms. The molecule has 3 aliphatic rings. The third-order valence-electron chi connectivity index (χ3n) is 6.48. The highest BCUT2D eigenvalue weighted by Gasteiger charge is 2.42. The summed E-state index contributed by atoms with van der Waals surface area (Å²) in [5.74, 6) is 0.699. The van der Waals surface area contributed by atoms with Crippen LogP contribution in [0.15, 0.2) is 24.3 Å². The van der Waals surface area contributed by atoms with E-state index in [1.807, 2.05) is 11.8 Å². The molecule has 3 aliphatic heterocycles. The average molecular weight is 524 g/mol. The number of carbonyl (C=O) groups excluding carboxylic acids is 3. The molecule has 3 N–H and O–H groups in total. The van der Waals surface area contributed by atoms with E-state index in [2.05, 4.69) is 28.6 Å². The molecule has 4 rings (SSSR count). The number of nitrogens with zero attached hydrogens (tertiary/aromatic N) is 2. The monoisotopic (exact) mass is 523 g/mol. The molecule has 5 atom stereocenters. The van der Waals surface area contributed by atoms with Crippen molar-refractivity contribution in [3.05, 3.63) is 39.9 Å². The number of urea groups is 1. The zero-order valence-electron chi connectivity index (χ0n) is 19.1. The quantitative estimate of drug-likeness (QED) is 0.128. The summed E-state index contributed by atoms with van der Waals surface area (Å²) in [5.41, 5.74) is 0.578. The van der Waals surface area contributed by atoms with Gasteiger partial charge in [0.15, 0.2) is 0 Å². The number of carbonyl (C=O) groups is 3. The third-order valence-corrected chi connectivity index (χ3v) is 8.36. The molecule has 0 saturated carbocycles. The number of hydrogen-bond donors (Lipinski definition) is 4. The first kappa shape index (κ1) is 25.4. The predicted molar refractivity (Wildman–Crippen MR) is 134 cm³/mol. The number of benzene rings is 1. The van der Waals surface area contributed by atoms with Gasteiger partial charge in [0, 0.05) is 41.5 Å². The fraction of sp³-hybridized carbons (Fsp3) is 0.591. The summed E-state index contributed by atoms with van der Waals surface area (Å²) in [7, 11) is 0. The number of fused-ring (bicyclic) bond motifs is 1. The zero-order valence-corrected chi connectivity index (χ0v) is 20.8. The Morgan fingerprint density at radius 2 is 2.03 bits per heavy atom. The van der Waals surface area contributed by atoms with Gasteiger partial charge in [-0.15, -0.1) is 0 Å². The third kappa shape index (κ3) is 6.31. The van der Waals surface area contributed by atoms with Crippen molar-refractivity contribution in [2.24, 2.45) is 0 Å². The van der Waals surface area contributed by atoms with Crippen molar-refractivity contribution in [2.45, 2.75) is 60.9 Å². The molecular formula is C22H29N5O6S2. The number of hydrogen-bond acceptors (Lipinski definition) is 8. The van der Waals surface area contributed by atoms with E-state index in [1.165, 1.54) is 29.2 Å². The largest absolute Gasteiger partial charge is 0.445 e. The van der Waals surface area contributed by atoms with Gasteiger partial charge in [-0.05, 0) is 37.0 Å². The van der Waals surface area contributed by atoms with E-state index in [0.717, 1.165) is 25.0 Å². The van der Waals surface area contributed by atoms with E-state index in [-0.39, 0.29) is 41.6 Å². The molecule has 0 aromatic heterocycles. The van der Waals surface area contributed by atoms with Crippen molar-refractivity contribution in [2.75, 3.05) is 18.8 Å². The lowest BCUT2D eigenvalue weighted by Crippen LogP contribution is -2.46. The van der Waals surface area contributed by atoms with Crippen molar-refractivity contribution in [1.29, 1.82) is 0 Å². The number of ether oxygens (including phenoxy) is 1. The molecule has 11 nitrogen and oxygen atoms in total. The van der Waals surface area contributed by atoms with Gasteiger partial charge < -0.3 is 20.7 Å². The normalized spacial score (nSPS) is 27.2. The summed E-state index contributed by atoms with van der Waals surface area (Å²) < 4.78 is 5.35. The number of thiol groups is 1. The van der Waals surface area contributed by atoms with Crippen LogP contribution in [0.5, 0.6) is 0 Å². The maximum atomic E-state index is 12.8. The maximum absolute atomic E-state index is 12.8. The Labute approximate surface area is 212 Å². The standard InChI is InChI=1S/C22H29N5O6S2/c28-20(23-8-2-1-3-18-19-16(12-35-18)24-21(29)25-19)17-9-15(34)10-26(17)22(30)33-11-13-4-6-14(7-5-13)27(31)32/h4-7,15-19,34H,1-3,8-12H2,(H,23,28)(H2,24,25,29)/t15-,16-,17-,18-,19-/m0/s1. The van der Waals surface area contributed by atoms with Crippen LogP contribution in [0.2, 0.25) is 0 Å². The van der Waals surface area contributed by atoms with Crippen molar-refractivity contribution in [1.82, 2.24) is 20.9 Å². The Morgan fingerprint density at radius 3 is 2.77 bits per heavy atom. The number of likely N-dealkylation sites (tertiary alicyclic amines) is 1. The number of thioether (sulfide) groups is 1. The smallest absolute Gasteiger partial charge is 0.410 e. The molecule has 0 bridgehead atoms. The van der Waals surface area contributed by atoms with Gasteiger partial charge in [-0.3, -0.25) is 19.8 Å². The van der Waals surface area contributed by atoms with Crippen LogP contribution < -0.4 is 16.0 Å². The minimum atomic E-state index is -0.646. The Kier molecular flexibility index (Phi) is 8.26. The minimum absolute atomic E-state index is 0.0391. The summed E-state index contributed by atoms with van der Waals surface area (Å²) in [6.07, 6.45) is 2.53. The fourth-order valence-corrected chi connectivity index (χ4v) is 6.57. The zero-order chi connectivity index (χ0) is 24.9. The Morgan fingerprint density at radius 1 is 1.26 bits per heavy atom. The Balaban J connectivity index is 1.18. The first-order valence-corrected chi connectivity index (χ1v) is 13.2. The molecule has 0 aliphatic carbocycles. The number of amides is 4. The molecule has 0 unspecified atom stereocenters. The summed E-state index contributed by atoms with van der Waals surface area (Å²) in [5, 5.41) is 19.9. The molecule has 35 heavy (non-hydrogen) atoms. The van der Waals surface area contributed by atoms with E-state index >= 15 is 0 Å². The van der Waals surface area contributed by atoms with E-state index in [1.54, 1.807) is 0 Å². The summed E-state index contributed by atoms with van der Waals surface area (Å²) >= 11 is 6.32. The highest BCUT2D eigenvalue weighted by Crippen LogP contribution is 2.33. The van der Waals surface area contributed by atoms with Crippen molar-refractivity contribution < 1.29 is 24.0 Å². The lowest BCUT2D eigenvalue weighted by Gasteiger charge is -2.23. The molecule has 1 aromatic rings. The van der Waals surface area contributed by atoms with Crippen LogP contribution in [0, 0.1) is 10.1 Å². The van der Waals surface area contributed by atoms with Gasteiger partial charge in [-0.25, -0.2) is 9.59 Å². The molecule has 3 heterocycles. The number of nitro benzene ring substituents is 1. The van der Waals surface area contributed by atoms with Crippen LogP contribution in [0.25, 0.3) is 0 Å². The van der Waals surface area contributed by atoms with Crippen LogP contribution in [0.1, 0.15) is 31.2 Å². The Bertz CT molecular complexity index is 964. The first-order valence-electron chi connectivity index (χ1n) is 11.6. The van der Waals surface area contributed by atoms with Crippen LogP contribution in [0.3, 0.4) is 0 Å². The molecule has 3 saturated heterocycles. The van der Waals surface area contributed by atoms with E-state index in [0.29, 0.717) is 30.3 Å². The second-order valence-corrected chi connectivity index (χ2v) is 10.9. The Hall–Kier alpha value is -2.67. The fourth-order valence-electron chi connectivity index (χ4n) is 4.65. The van der Waals surface area contributed by atoms with Crippen LogP contribution in [-0.4, -0.2) is 75.3 Å². The van der Waals surface area contributed by atoms with Crippen LogP contribution in [-0.2, 0) is 16.1 Å². The predicted octanol–water partition coefficient (Wildman–Crippen LogP) is 2.06. The van der Waals surface area contributed by atoms with Gasteiger partial charge in [0.2, 0.25) is 5.91 Å². The van der Waals surface area contributed by atoms with Crippen LogP contribution in [0.4, 0.5) is 15.3 Å². The molecule has 13 heteroatoms. The molecule has 3 fully saturated rings. The average Bonchev–Trinajstić information content (AvgIpc) is 3.51. The van der Waals surface area contributed by atoms with E-state index in [4.69, 9.17) is 4.74 Å². The molecule has 4 amide bonds. The van der Waals surface area contributed by atoms with Crippen molar-refractivity contribution in [3.63, 3.8) is 0 Å². The minimum Gasteiger partial charge on any atom is -0.445 e. The highest BCUT2D eigenvalue weighted by atomic mass is 32.2. The van der Waals surface area contributed by atoms with E-state index in [9.17, 15) is 24.5 Å². The first-order chi connectivity index (χ1) is 16.8. The lowest BCUT2D eigenvalue weighted by atomic mass is 10.0. The number of rotatable bonds is 9. The lowest BCUT2D eigenvalue weighted by molar-refractivity contribution is -0.384. The number of nitrogens with one attached hydrogen (secondary N) is 3. The van der Waals surface area contributed by atoms with Crippen molar-refractivity contribution >= 4 is 48.1 Å². The molecule has 1 aromatic carbocycles. The van der Waals surface area contributed by atoms with Gasteiger partial charge in [0.05, 0.1) is 17.0 Å². The number of nitro groups is 1. The molecule has 0 radical (unpaired) electrons. The van der Waals surface area contributed by atoms with Gasteiger partial charge in [0.1, 0.15) is 12.6 Å². The second kappa shape index (κ2) is 11.4. The van der Waals surface area contributed by atoms with Crippen LogP contribution >= 0.6 is 24.4 Å². The van der Waals surface area contributed by atoms with Gasteiger partial charge in [-0.2, -0.15) is 24.4 Å². The van der Waals surface area contributed by atoms with Gasteiger partial charge >= 0.3 is 12.1 Å². The topological polar surface area (TPSA) is 143 Å².